The number of aryl methyl sites for hydroxylation is 1. The fourth-order valence-electron chi connectivity index (χ4n) is 2.15. The predicted octanol–water partition coefficient (Wildman–Crippen LogP) is 2.88. The van der Waals surface area contributed by atoms with Crippen molar-refractivity contribution in [2.45, 2.75) is 26.9 Å². The molecule has 0 bridgehead atoms. The Balaban J connectivity index is 2.22. The number of benzene rings is 1. The van der Waals surface area contributed by atoms with Crippen molar-refractivity contribution in [1.29, 1.82) is 0 Å². The van der Waals surface area contributed by atoms with E-state index in [2.05, 4.69) is 54.1 Å². The number of hydrogen-bond acceptors (Lipinski definition) is 3. The second-order valence-corrected chi connectivity index (χ2v) is 4.65. The van der Waals surface area contributed by atoms with Gasteiger partial charge in [-0.15, -0.1) is 0 Å². The molecule has 1 aromatic heterocycles. The van der Waals surface area contributed by atoms with Crippen LogP contribution in [-0.2, 0) is 13.1 Å². The van der Waals surface area contributed by atoms with Gasteiger partial charge in [0.2, 0.25) is 0 Å². The number of nitrogens with zero attached hydrogens (tertiary/aromatic N) is 2. The number of anilines is 1. The minimum Gasteiger partial charge on any atom is -0.367 e. The molecule has 0 aliphatic heterocycles. The highest BCUT2D eigenvalue weighted by Gasteiger charge is 2.07. The molecule has 100 valence electrons. The standard InChI is InChI=1S/C16H21N3/c1-3-19(12-14-7-5-4-6-13(14)2)16-8-9-18-15(10-16)11-17/h4-10H,3,11-12,17H2,1-2H3. The summed E-state index contributed by atoms with van der Waals surface area (Å²) < 4.78 is 0. The Bertz CT molecular complexity index is 537. The summed E-state index contributed by atoms with van der Waals surface area (Å²) in [6.45, 7) is 6.68. The minimum atomic E-state index is 0.482. The molecule has 2 N–H and O–H groups in total. The highest BCUT2D eigenvalue weighted by molar-refractivity contribution is 5.47. The average molecular weight is 255 g/mol. The van der Waals surface area contributed by atoms with E-state index in [1.807, 2.05) is 12.3 Å². The van der Waals surface area contributed by atoms with Crippen molar-refractivity contribution >= 4 is 5.69 Å². The van der Waals surface area contributed by atoms with Crippen LogP contribution >= 0.6 is 0 Å². The van der Waals surface area contributed by atoms with E-state index in [-0.39, 0.29) is 0 Å². The predicted molar refractivity (Wildman–Crippen MR) is 80.0 cm³/mol. The lowest BCUT2D eigenvalue weighted by molar-refractivity contribution is 0.822. The quantitative estimate of drug-likeness (QED) is 0.893. The molecule has 1 heterocycles. The van der Waals surface area contributed by atoms with Gasteiger partial charge in [0.05, 0.1) is 5.69 Å². The van der Waals surface area contributed by atoms with Crippen molar-refractivity contribution in [3.8, 4) is 0 Å². The molecule has 0 aliphatic rings. The van der Waals surface area contributed by atoms with Crippen LogP contribution < -0.4 is 10.6 Å². The maximum atomic E-state index is 5.66. The van der Waals surface area contributed by atoms with Crippen LogP contribution in [0.4, 0.5) is 5.69 Å². The summed E-state index contributed by atoms with van der Waals surface area (Å²) in [6.07, 6.45) is 1.83. The first-order valence-corrected chi connectivity index (χ1v) is 6.69. The molecule has 1 aromatic carbocycles. The van der Waals surface area contributed by atoms with E-state index in [0.29, 0.717) is 6.54 Å². The zero-order chi connectivity index (χ0) is 13.7. The van der Waals surface area contributed by atoms with Crippen molar-refractivity contribution in [3.63, 3.8) is 0 Å². The van der Waals surface area contributed by atoms with Crippen molar-refractivity contribution in [2.75, 3.05) is 11.4 Å². The van der Waals surface area contributed by atoms with Gasteiger partial charge in [-0.2, -0.15) is 0 Å². The van der Waals surface area contributed by atoms with Crippen molar-refractivity contribution < 1.29 is 0 Å². The van der Waals surface area contributed by atoms with E-state index in [4.69, 9.17) is 5.73 Å². The monoisotopic (exact) mass is 255 g/mol. The van der Waals surface area contributed by atoms with Gasteiger partial charge in [0.15, 0.2) is 0 Å². The van der Waals surface area contributed by atoms with Crippen molar-refractivity contribution in [2.24, 2.45) is 5.73 Å². The molecule has 0 amide bonds. The molecule has 2 aromatic rings. The molecule has 0 spiro atoms. The van der Waals surface area contributed by atoms with Crippen LogP contribution in [0.2, 0.25) is 0 Å². The van der Waals surface area contributed by atoms with Crippen LogP contribution in [0.15, 0.2) is 42.6 Å². The van der Waals surface area contributed by atoms with E-state index in [1.54, 1.807) is 0 Å². The summed E-state index contributed by atoms with van der Waals surface area (Å²) in [5, 5.41) is 0. The van der Waals surface area contributed by atoms with Gasteiger partial charge in [0, 0.05) is 31.5 Å². The molecule has 3 heteroatoms. The highest BCUT2D eigenvalue weighted by Crippen LogP contribution is 2.19. The maximum Gasteiger partial charge on any atom is 0.0560 e. The summed E-state index contributed by atoms with van der Waals surface area (Å²) in [6, 6.07) is 12.6. The molecule has 0 radical (unpaired) electrons. The van der Waals surface area contributed by atoms with Crippen LogP contribution in [0.1, 0.15) is 23.7 Å². The lowest BCUT2D eigenvalue weighted by atomic mass is 10.1. The van der Waals surface area contributed by atoms with Gasteiger partial charge in [0.25, 0.3) is 0 Å². The first-order chi connectivity index (χ1) is 9.24. The molecule has 0 atom stereocenters. The second-order valence-electron chi connectivity index (χ2n) is 4.65. The number of pyridine rings is 1. The van der Waals surface area contributed by atoms with Gasteiger partial charge in [-0.25, -0.2) is 0 Å². The van der Waals surface area contributed by atoms with E-state index in [1.165, 1.54) is 16.8 Å². The molecule has 0 unspecified atom stereocenters. The van der Waals surface area contributed by atoms with E-state index in [9.17, 15) is 0 Å². The number of nitrogens with two attached hydrogens (primary N) is 1. The smallest absolute Gasteiger partial charge is 0.0560 e. The van der Waals surface area contributed by atoms with Crippen molar-refractivity contribution in [1.82, 2.24) is 4.98 Å². The van der Waals surface area contributed by atoms with Crippen molar-refractivity contribution in [3.05, 3.63) is 59.4 Å². The number of aromatic nitrogens is 1. The third-order valence-corrected chi connectivity index (χ3v) is 3.38. The minimum absolute atomic E-state index is 0.482. The summed E-state index contributed by atoms with van der Waals surface area (Å²) in [7, 11) is 0. The van der Waals surface area contributed by atoms with Gasteiger partial charge in [-0.1, -0.05) is 24.3 Å². The number of rotatable bonds is 5. The van der Waals surface area contributed by atoms with Crippen LogP contribution in [0.3, 0.4) is 0 Å². The Kier molecular flexibility index (Phi) is 4.53. The van der Waals surface area contributed by atoms with E-state index >= 15 is 0 Å². The Morgan fingerprint density at radius 2 is 2.00 bits per heavy atom. The molecule has 0 aliphatic carbocycles. The summed E-state index contributed by atoms with van der Waals surface area (Å²) >= 11 is 0. The van der Waals surface area contributed by atoms with Crippen LogP contribution in [0.25, 0.3) is 0 Å². The largest absolute Gasteiger partial charge is 0.367 e. The zero-order valence-electron chi connectivity index (χ0n) is 11.6. The molecule has 0 saturated carbocycles. The summed E-state index contributed by atoms with van der Waals surface area (Å²) in [5.41, 5.74) is 10.5. The Labute approximate surface area is 115 Å². The Hall–Kier alpha value is -1.87. The third-order valence-electron chi connectivity index (χ3n) is 3.38. The fourth-order valence-corrected chi connectivity index (χ4v) is 2.15. The SMILES string of the molecule is CCN(Cc1ccccc1C)c1ccnc(CN)c1. The average Bonchev–Trinajstić information content (AvgIpc) is 2.46. The Morgan fingerprint density at radius 1 is 1.21 bits per heavy atom. The fraction of sp³-hybridized carbons (Fsp3) is 0.312. The molecule has 2 rings (SSSR count). The zero-order valence-corrected chi connectivity index (χ0v) is 11.6. The molecular weight excluding hydrogens is 234 g/mol. The van der Waals surface area contributed by atoms with E-state index in [0.717, 1.165) is 18.8 Å². The highest BCUT2D eigenvalue weighted by atomic mass is 15.1. The van der Waals surface area contributed by atoms with Gasteiger partial charge in [-0.3, -0.25) is 4.98 Å². The van der Waals surface area contributed by atoms with Gasteiger partial charge >= 0.3 is 0 Å². The van der Waals surface area contributed by atoms with Crippen LogP contribution in [-0.4, -0.2) is 11.5 Å². The summed E-state index contributed by atoms with van der Waals surface area (Å²) in [5.74, 6) is 0. The maximum absolute atomic E-state index is 5.66. The molecule has 19 heavy (non-hydrogen) atoms. The van der Waals surface area contributed by atoms with Crippen LogP contribution in [0.5, 0.6) is 0 Å². The topological polar surface area (TPSA) is 42.2 Å². The van der Waals surface area contributed by atoms with Gasteiger partial charge in [-0.05, 0) is 37.1 Å². The molecule has 0 fully saturated rings. The second kappa shape index (κ2) is 6.34. The lowest BCUT2D eigenvalue weighted by Crippen LogP contribution is -2.22. The van der Waals surface area contributed by atoms with Gasteiger partial charge < -0.3 is 10.6 Å². The Morgan fingerprint density at radius 3 is 2.68 bits per heavy atom. The molecular formula is C16H21N3. The van der Waals surface area contributed by atoms with Crippen LogP contribution in [0, 0.1) is 6.92 Å². The normalized spacial score (nSPS) is 10.5. The number of hydrogen-bond donors (Lipinski definition) is 1. The van der Waals surface area contributed by atoms with E-state index < -0.39 is 0 Å². The summed E-state index contributed by atoms with van der Waals surface area (Å²) in [4.78, 5) is 6.58. The third kappa shape index (κ3) is 3.32. The lowest BCUT2D eigenvalue weighted by Gasteiger charge is -2.24. The first-order valence-electron chi connectivity index (χ1n) is 6.69. The van der Waals surface area contributed by atoms with Gasteiger partial charge in [0.1, 0.15) is 0 Å². The molecule has 0 saturated heterocycles. The first kappa shape index (κ1) is 13.6. The molecule has 3 nitrogen and oxygen atoms in total.